The molecule has 0 saturated heterocycles. The molecule has 1 atom stereocenters. The zero-order valence-electron chi connectivity index (χ0n) is 40.7. The van der Waals surface area contributed by atoms with Crippen LogP contribution in [0, 0.1) is 0 Å². The van der Waals surface area contributed by atoms with Crippen LogP contribution in [0.4, 0.5) is 0 Å². The first kappa shape index (κ1) is 58.6. The molecule has 1 unspecified atom stereocenters. The maximum absolute atomic E-state index is 12.8. The molecule has 0 N–H and O–H groups in total. The predicted molar refractivity (Wildman–Crippen MR) is 261 cm³/mol. The zero-order valence-corrected chi connectivity index (χ0v) is 40.7. The van der Waals surface area contributed by atoms with Gasteiger partial charge in [-0.05, 0) is 70.6 Å². The van der Waals surface area contributed by atoms with Gasteiger partial charge in [-0.1, -0.05) is 224 Å². The molecule has 0 aliphatic rings. The lowest BCUT2D eigenvalue weighted by atomic mass is 10.0. The standard InChI is InChI=1S/C55H100O6/c1-4-7-10-13-16-19-22-25-28-31-33-36-39-42-45-48-54(57)60-51-52(61-55(58)49-46-43-40-37-34-30-27-24-21-18-15-12-9-6-3)50-59-53(56)47-44-41-38-35-32-29-26-23-20-17-14-11-8-5-2/h15,18,24-25,27-28,52H,4-14,16-17,19-23,26,29-51H2,1-3H3/b18-15-,27-24-,28-25-. The average molecular weight is 857 g/mol. The van der Waals surface area contributed by atoms with Gasteiger partial charge in [-0.15, -0.1) is 0 Å². The number of hydrogen-bond acceptors (Lipinski definition) is 6. The van der Waals surface area contributed by atoms with Crippen LogP contribution < -0.4 is 0 Å². The van der Waals surface area contributed by atoms with Crippen molar-refractivity contribution < 1.29 is 28.6 Å². The molecule has 0 aliphatic heterocycles. The van der Waals surface area contributed by atoms with Crippen molar-refractivity contribution >= 4 is 17.9 Å². The number of carbonyl (C=O) groups is 3. The number of rotatable bonds is 48. The summed E-state index contributed by atoms with van der Waals surface area (Å²) in [4.78, 5) is 38.0. The van der Waals surface area contributed by atoms with Gasteiger partial charge in [-0.3, -0.25) is 14.4 Å². The Bertz CT molecular complexity index is 1030. The van der Waals surface area contributed by atoms with Crippen LogP contribution in [0.5, 0.6) is 0 Å². The summed E-state index contributed by atoms with van der Waals surface area (Å²) in [5.41, 5.74) is 0. The molecule has 0 rings (SSSR count). The van der Waals surface area contributed by atoms with Crippen molar-refractivity contribution in [2.24, 2.45) is 0 Å². The fourth-order valence-corrected chi connectivity index (χ4v) is 7.57. The number of carbonyl (C=O) groups excluding carboxylic acids is 3. The predicted octanol–water partition coefficient (Wildman–Crippen LogP) is 17.3. The summed E-state index contributed by atoms with van der Waals surface area (Å²) >= 11 is 0. The molecule has 0 aliphatic carbocycles. The number of hydrogen-bond donors (Lipinski definition) is 0. The number of ether oxygens (including phenoxy) is 3. The highest BCUT2D eigenvalue weighted by atomic mass is 16.6. The van der Waals surface area contributed by atoms with Crippen molar-refractivity contribution in [3.8, 4) is 0 Å². The molecule has 6 heteroatoms. The molecular formula is C55H100O6. The molecule has 0 fully saturated rings. The van der Waals surface area contributed by atoms with E-state index >= 15 is 0 Å². The Morgan fingerprint density at radius 2 is 0.607 bits per heavy atom. The van der Waals surface area contributed by atoms with Crippen molar-refractivity contribution in [1.82, 2.24) is 0 Å². The van der Waals surface area contributed by atoms with Crippen LogP contribution in [0.25, 0.3) is 0 Å². The van der Waals surface area contributed by atoms with E-state index in [1.807, 2.05) is 0 Å². The highest BCUT2D eigenvalue weighted by Crippen LogP contribution is 2.15. The maximum atomic E-state index is 12.8. The van der Waals surface area contributed by atoms with Crippen LogP contribution in [0.1, 0.15) is 278 Å². The first-order valence-electron chi connectivity index (χ1n) is 26.5. The smallest absolute Gasteiger partial charge is 0.306 e. The van der Waals surface area contributed by atoms with E-state index in [-0.39, 0.29) is 31.1 Å². The summed E-state index contributed by atoms with van der Waals surface area (Å²) in [5.74, 6) is -0.889. The van der Waals surface area contributed by atoms with Gasteiger partial charge in [-0.2, -0.15) is 0 Å². The van der Waals surface area contributed by atoms with E-state index in [0.717, 1.165) is 89.9 Å². The molecule has 61 heavy (non-hydrogen) atoms. The van der Waals surface area contributed by atoms with Crippen LogP contribution in [-0.4, -0.2) is 37.2 Å². The Hall–Kier alpha value is -2.37. The second-order valence-corrected chi connectivity index (χ2v) is 17.8. The summed E-state index contributed by atoms with van der Waals surface area (Å²) < 4.78 is 16.8. The quantitative estimate of drug-likeness (QED) is 0.0262. The molecule has 356 valence electrons. The topological polar surface area (TPSA) is 78.9 Å². The first-order valence-corrected chi connectivity index (χ1v) is 26.5. The molecule has 0 aromatic heterocycles. The second kappa shape index (κ2) is 50.3. The van der Waals surface area contributed by atoms with Crippen molar-refractivity contribution in [3.63, 3.8) is 0 Å². The zero-order chi connectivity index (χ0) is 44.4. The maximum Gasteiger partial charge on any atom is 0.306 e. The third-order valence-corrected chi connectivity index (χ3v) is 11.6. The lowest BCUT2D eigenvalue weighted by molar-refractivity contribution is -0.167. The Labute approximate surface area is 378 Å². The van der Waals surface area contributed by atoms with Crippen LogP contribution in [0.3, 0.4) is 0 Å². The molecule has 0 bridgehead atoms. The van der Waals surface area contributed by atoms with Gasteiger partial charge in [0.05, 0.1) is 0 Å². The van der Waals surface area contributed by atoms with Gasteiger partial charge in [-0.25, -0.2) is 0 Å². The third kappa shape index (κ3) is 48.5. The van der Waals surface area contributed by atoms with Crippen molar-refractivity contribution in [2.45, 2.75) is 284 Å². The van der Waals surface area contributed by atoms with Crippen LogP contribution in [-0.2, 0) is 28.6 Å². The number of allylic oxidation sites excluding steroid dienone is 6. The molecule has 0 heterocycles. The van der Waals surface area contributed by atoms with E-state index in [9.17, 15) is 14.4 Å². The van der Waals surface area contributed by atoms with Gasteiger partial charge in [0.15, 0.2) is 6.10 Å². The van der Waals surface area contributed by atoms with E-state index in [1.165, 1.54) is 148 Å². The SMILES string of the molecule is CCCC/C=C\C/C=C\CCCCCCCC(=O)OC(COC(=O)CCCCCCC/C=C\CCCCCCCC)COC(=O)CCCCCCCCCCCCCCCC. The molecule has 6 nitrogen and oxygen atoms in total. The average Bonchev–Trinajstić information content (AvgIpc) is 3.26. The number of unbranched alkanes of at least 4 members (excludes halogenated alkanes) is 31. The van der Waals surface area contributed by atoms with Crippen molar-refractivity contribution in [1.29, 1.82) is 0 Å². The summed E-state index contributed by atoms with van der Waals surface area (Å²) in [7, 11) is 0. The molecule has 0 amide bonds. The molecule has 0 saturated carbocycles. The molecule has 0 aromatic rings. The molecule has 0 spiro atoms. The summed E-state index contributed by atoms with van der Waals surface area (Å²) in [6.07, 6.45) is 58.3. The normalized spacial score (nSPS) is 12.2. The minimum absolute atomic E-state index is 0.0775. The van der Waals surface area contributed by atoms with Crippen molar-refractivity contribution in [2.75, 3.05) is 13.2 Å². The van der Waals surface area contributed by atoms with E-state index in [0.29, 0.717) is 19.3 Å². The van der Waals surface area contributed by atoms with E-state index in [4.69, 9.17) is 14.2 Å². The van der Waals surface area contributed by atoms with Crippen LogP contribution in [0.15, 0.2) is 36.5 Å². The fraction of sp³-hybridized carbons (Fsp3) is 0.836. The Kier molecular flexibility index (Phi) is 48.3. The Morgan fingerprint density at radius 3 is 0.967 bits per heavy atom. The highest BCUT2D eigenvalue weighted by molar-refractivity contribution is 5.71. The first-order chi connectivity index (χ1) is 30.0. The van der Waals surface area contributed by atoms with E-state index < -0.39 is 6.10 Å². The minimum atomic E-state index is -0.779. The third-order valence-electron chi connectivity index (χ3n) is 11.6. The van der Waals surface area contributed by atoms with Gasteiger partial charge in [0.2, 0.25) is 0 Å². The van der Waals surface area contributed by atoms with Crippen molar-refractivity contribution in [3.05, 3.63) is 36.5 Å². The fourth-order valence-electron chi connectivity index (χ4n) is 7.57. The van der Waals surface area contributed by atoms with Gasteiger partial charge < -0.3 is 14.2 Å². The highest BCUT2D eigenvalue weighted by Gasteiger charge is 2.19. The second-order valence-electron chi connectivity index (χ2n) is 17.8. The summed E-state index contributed by atoms with van der Waals surface area (Å²) in [5, 5.41) is 0. The van der Waals surface area contributed by atoms with Gasteiger partial charge >= 0.3 is 17.9 Å². The summed E-state index contributed by atoms with van der Waals surface area (Å²) in [6.45, 7) is 6.60. The summed E-state index contributed by atoms with van der Waals surface area (Å²) in [6, 6.07) is 0. The monoisotopic (exact) mass is 857 g/mol. The van der Waals surface area contributed by atoms with Crippen LogP contribution >= 0.6 is 0 Å². The minimum Gasteiger partial charge on any atom is -0.462 e. The van der Waals surface area contributed by atoms with Gasteiger partial charge in [0, 0.05) is 19.3 Å². The number of esters is 3. The van der Waals surface area contributed by atoms with Crippen LogP contribution in [0.2, 0.25) is 0 Å². The molecular weight excluding hydrogens is 757 g/mol. The van der Waals surface area contributed by atoms with E-state index in [1.54, 1.807) is 0 Å². The molecule has 0 aromatic carbocycles. The lowest BCUT2D eigenvalue weighted by Gasteiger charge is -2.18. The molecule has 0 radical (unpaired) electrons. The Morgan fingerprint density at radius 1 is 0.328 bits per heavy atom. The van der Waals surface area contributed by atoms with E-state index in [2.05, 4.69) is 57.2 Å². The van der Waals surface area contributed by atoms with Gasteiger partial charge in [0.1, 0.15) is 13.2 Å². The lowest BCUT2D eigenvalue weighted by Crippen LogP contribution is -2.30. The van der Waals surface area contributed by atoms with Gasteiger partial charge in [0.25, 0.3) is 0 Å². The largest absolute Gasteiger partial charge is 0.462 e. The Balaban J connectivity index is 4.38.